The number of ether oxygens (including phenoxy) is 1. The van der Waals surface area contributed by atoms with Gasteiger partial charge in [-0.15, -0.1) is 0 Å². The molecule has 2 N–H and O–H groups in total. The van der Waals surface area contributed by atoms with Gasteiger partial charge in [-0.2, -0.15) is 0 Å². The third-order valence-corrected chi connectivity index (χ3v) is 3.62. The molecule has 94 valence electrons. The van der Waals surface area contributed by atoms with E-state index in [4.69, 9.17) is 10.5 Å². The van der Waals surface area contributed by atoms with Gasteiger partial charge in [-0.25, -0.2) is 0 Å². The van der Waals surface area contributed by atoms with Crippen molar-refractivity contribution in [2.75, 3.05) is 0 Å². The zero-order valence-electron chi connectivity index (χ0n) is 10.6. The third kappa shape index (κ3) is 3.51. The minimum atomic E-state index is 0.428. The third-order valence-electron chi connectivity index (χ3n) is 3.62. The van der Waals surface area contributed by atoms with Gasteiger partial charge >= 0.3 is 0 Å². The monoisotopic (exact) mass is 234 g/mol. The maximum atomic E-state index is 5.96. The van der Waals surface area contributed by atoms with Crippen molar-refractivity contribution < 1.29 is 4.74 Å². The van der Waals surface area contributed by atoms with Crippen molar-refractivity contribution >= 4 is 0 Å². The van der Waals surface area contributed by atoms with E-state index >= 15 is 0 Å². The molecule has 0 saturated heterocycles. The fourth-order valence-corrected chi connectivity index (χ4v) is 2.39. The Bertz CT molecular complexity index is 346. The van der Waals surface area contributed by atoms with E-state index in [9.17, 15) is 0 Å². The number of nitrogens with zero attached hydrogens (tertiary/aromatic N) is 1. The average Bonchev–Trinajstić information content (AvgIpc) is 2.38. The number of hydrogen-bond donors (Lipinski definition) is 1. The van der Waals surface area contributed by atoms with Crippen LogP contribution in [0.2, 0.25) is 0 Å². The Morgan fingerprint density at radius 3 is 2.82 bits per heavy atom. The van der Waals surface area contributed by atoms with E-state index in [0.29, 0.717) is 19.3 Å². The molecular formula is C14H22N2O. The molecule has 3 nitrogen and oxygen atoms in total. The van der Waals surface area contributed by atoms with Gasteiger partial charge in [-0.05, 0) is 37.7 Å². The first kappa shape index (κ1) is 12.5. The largest absolute Gasteiger partial charge is 0.373 e. The molecule has 2 rings (SSSR count). The lowest BCUT2D eigenvalue weighted by Gasteiger charge is -2.26. The first-order valence-electron chi connectivity index (χ1n) is 6.54. The van der Waals surface area contributed by atoms with E-state index < -0.39 is 0 Å². The molecule has 1 aromatic heterocycles. The Balaban J connectivity index is 1.85. The zero-order valence-corrected chi connectivity index (χ0v) is 10.6. The zero-order chi connectivity index (χ0) is 12.1. The second kappa shape index (κ2) is 6.12. The minimum Gasteiger partial charge on any atom is -0.373 e. The van der Waals surface area contributed by atoms with Crippen LogP contribution in [0.4, 0.5) is 0 Å². The lowest BCUT2D eigenvalue weighted by molar-refractivity contribution is 0.00834. The number of hydrogen-bond acceptors (Lipinski definition) is 3. The summed E-state index contributed by atoms with van der Waals surface area (Å²) < 4.78 is 5.96. The van der Waals surface area contributed by atoms with Crippen LogP contribution in [0.15, 0.2) is 18.3 Å². The highest BCUT2D eigenvalue weighted by atomic mass is 16.5. The topological polar surface area (TPSA) is 48.1 Å². The number of nitrogens with two attached hydrogens (primary N) is 1. The molecule has 1 aliphatic rings. The lowest BCUT2D eigenvalue weighted by Crippen LogP contribution is -2.20. The van der Waals surface area contributed by atoms with Crippen LogP contribution in [-0.4, -0.2) is 11.1 Å². The number of aromatic nitrogens is 1. The summed E-state index contributed by atoms with van der Waals surface area (Å²) in [6.45, 7) is 3.46. The van der Waals surface area contributed by atoms with Gasteiger partial charge in [0, 0.05) is 18.3 Å². The molecule has 0 aromatic carbocycles. The molecule has 0 amide bonds. The molecule has 1 aliphatic carbocycles. The first-order chi connectivity index (χ1) is 8.29. The molecule has 17 heavy (non-hydrogen) atoms. The van der Waals surface area contributed by atoms with Gasteiger partial charge in [0.15, 0.2) is 0 Å². The summed E-state index contributed by atoms with van der Waals surface area (Å²) in [6.07, 6.45) is 7.19. The highest BCUT2D eigenvalue weighted by Crippen LogP contribution is 2.26. The molecule has 1 aromatic rings. The van der Waals surface area contributed by atoms with Crippen molar-refractivity contribution in [3.63, 3.8) is 0 Å². The van der Waals surface area contributed by atoms with Crippen molar-refractivity contribution in [3.05, 3.63) is 29.6 Å². The van der Waals surface area contributed by atoms with E-state index in [1.54, 1.807) is 6.20 Å². The summed E-state index contributed by atoms with van der Waals surface area (Å²) in [4.78, 5) is 4.27. The fraction of sp³-hybridized carbons (Fsp3) is 0.643. The molecule has 0 unspecified atom stereocenters. The summed E-state index contributed by atoms with van der Waals surface area (Å²) in [5.41, 5.74) is 7.75. The Labute approximate surface area is 103 Å². The summed E-state index contributed by atoms with van der Waals surface area (Å²) >= 11 is 0. The van der Waals surface area contributed by atoms with Gasteiger partial charge < -0.3 is 10.5 Å². The van der Waals surface area contributed by atoms with E-state index in [0.717, 1.165) is 17.2 Å². The molecule has 0 radical (unpaired) electrons. The smallest absolute Gasteiger partial charge is 0.0738 e. The predicted molar refractivity (Wildman–Crippen MR) is 68.3 cm³/mol. The molecule has 0 bridgehead atoms. The summed E-state index contributed by atoms with van der Waals surface area (Å²) in [5.74, 6) is 0.868. The van der Waals surface area contributed by atoms with Crippen LogP contribution in [0.5, 0.6) is 0 Å². The van der Waals surface area contributed by atoms with Crippen molar-refractivity contribution in [1.29, 1.82) is 0 Å². The second-order valence-electron chi connectivity index (χ2n) is 5.01. The Hall–Kier alpha value is -0.930. The number of rotatable bonds is 4. The van der Waals surface area contributed by atoms with Crippen LogP contribution < -0.4 is 5.73 Å². The molecule has 0 spiro atoms. The van der Waals surface area contributed by atoms with Gasteiger partial charge in [0.1, 0.15) is 0 Å². The van der Waals surface area contributed by atoms with Crippen molar-refractivity contribution in [2.45, 2.75) is 51.9 Å². The van der Waals surface area contributed by atoms with E-state index in [2.05, 4.69) is 18.0 Å². The number of pyridine rings is 1. The van der Waals surface area contributed by atoms with Crippen LogP contribution in [0.1, 0.15) is 43.9 Å². The molecule has 1 saturated carbocycles. The van der Waals surface area contributed by atoms with Gasteiger partial charge in [0.25, 0.3) is 0 Å². The van der Waals surface area contributed by atoms with E-state index in [1.807, 2.05) is 6.07 Å². The Morgan fingerprint density at radius 2 is 2.12 bits per heavy atom. The highest BCUT2D eigenvalue weighted by molar-refractivity contribution is 5.18. The van der Waals surface area contributed by atoms with Gasteiger partial charge in [-0.1, -0.05) is 13.0 Å². The van der Waals surface area contributed by atoms with Crippen molar-refractivity contribution in [2.24, 2.45) is 11.7 Å². The lowest BCUT2D eigenvalue weighted by atomic mass is 9.89. The van der Waals surface area contributed by atoms with E-state index in [-0.39, 0.29) is 0 Å². The Morgan fingerprint density at radius 1 is 1.35 bits per heavy atom. The van der Waals surface area contributed by atoms with Crippen LogP contribution in [0, 0.1) is 5.92 Å². The maximum Gasteiger partial charge on any atom is 0.0738 e. The maximum absolute atomic E-state index is 5.96. The SMILES string of the molecule is CC1CCC(OCc2cccnc2CN)CC1. The first-order valence-corrected chi connectivity index (χ1v) is 6.54. The molecule has 1 heterocycles. The van der Waals surface area contributed by atoms with Crippen molar-refractivity contribution in [3.8, 4) is 0 Å². The molecule has 0 atom stereocenters. The van der Waals surface area contributed by atoms with Crippen LogP contribution in [0.25, 0.3) is 0 Å². The fourth-order valence-electron chi connectivity index (χ4n) is 2.39. The quantitative estimate of drug-likeness (QED) is 0.871. The van der Waals surface area contributed by atoms with Gasteiger partial charge in [-0.3, -0.25) is 4.98 Å². The Kier molecular flexibility index (Phi) is 4.51. The molecular weight excluding hydrogens is 212 g/mol. The average molecular weight is 234 g/mol. The summed E-state index contributed by atoms with van der Waals surface area (Å²) in [5, 5.41) is 0. The molecule has 0 aliphatic heterocycles. The molecule has 3 heteroatoms. The standard InChI is InChI=1S/C14H22N2O/c1-11-4-6-13(7-5-11)17-10-12-3-2-8-16-14(12)9-15/h2-3,8,11,13H,4-7,9-10,15H2,1H3. The van der Waals surface area contributed by atoms with Crippen LogP contribution in [-0.2, 0) is 17.9 Å². The summed E-state index contributed by atoms with van der Waals surface area (Å²) in [6, 6.07) is 4.00. The normalized spacial score (nSPS) is 24.8. The van der Waals surface area contributed by atoms with E-state index in [1.165, 1.54) is 25.7 Å². The summed E-state index contributed by atoms with van der Waals surface area (Å²) in [7, 11) is 0. The molecule has 1 fully saturated rings. The van der Waals surface area contributed by atoms with Crippen molar-refractivity contribution in [1.82, 2.24) is 4.98 Å². The van der Waals surface area contributed by atoms with Crippen LogP contribution >= 0.6 is 0 Å². The second-order valence-corrected chi connectivity index (χ2v) is 5.01. The van der Waals surface area contributed by atoms with Gasteiger partial charge in [0.05, 0.1) is 18.4 Å². The van der Waals surface area contributed by atoms with Gasteiger partial charge in [0.2, 0.25) is 0 Å². The highest BCUT2D eigenvalue weighted by Gasteiger charge is 2.18. The van der Waals surface area contributed by atoms with Crippen LogP contribution in [0.3, 0.4) is 0 Å². The predicted octanol–water partition coefficient (Wildman–Crippen LogP) is 2.64. The minimum absolute atomic E-state index is 0.428.